The Labute approximate surface area is 171 Å². The molecule has 1 aliphatic heterocycles. The summed E-state index contributed by atoms with van der Waals surface area (Å²) in [6.07, 6.45) is 1.99. The molecular formula is C23H27N3O3. The van der Waals surface area contributed by atoms with Crippen molar-refractivity contribution >= 4 is 16.9 Å². The number of carbonyl (C=O) groups is 1. The Bertz CT molecular complexity index is 990. The highest BCUT2D eigenvalue weighted by Crippen LogP contribution is 2.24. The lowest BCUT2D eigenvalue weighted by atomic mass is 9.96. The summed E-state index contributed by atoms with van der Waals surface area (Å²) >= 11 is 0. The van der Waals surface area contributed by atoms with Crippen LogP contribution in [0, 0.1) is 12.8 Å². The number of amides is 1. The molecule has 0 aliphatic carbocycles. The van der Waals surface area contributed by atoms with Gasteiger partial charge in [-0.2, -0.15) is 0 Å². The Kier molecular flexibility index (Phi) is 5.69. The van der Waals surface area contributed by atoms with Crippen LogP contribution < -0.4 is 9.47 Å². The first-order valence-electron chi connectivity index (χ1n) is 10.1. The van der Waals surface area contributed by atoms with Gasteiger partial charge in [0.1, 0.15) is 17.3 Å². The van der Waals surface area contributed by atoms with Gasteiger partial charge in [0.2, 0.25) is 0 Å². The number of para-hydroxylation sites is 2. The molecule has 0 saturated carbocycles. The van der Waals surface area contributed by atoms with Crippen LogP contribution in [0.15, 0.2) is 48.5 Å². The molecule has 4 rings (SSSR count). The van der Waals surface area contributed by atoms with E-state index >= 15 is 0 Å². The molecule has 0 bridgehead atoms. The summed E-state index contributed by atoms with van der Waals surface area (Å²) in [5, 5.41) is 0. The number of ether oxygens (including phenoxy) is 2. The number of methoxy groups -OCH3 is 1. The van der Waals surface area contributed by atoms with E-state index in [0.29, 0.717) is 11.7 Å². The summed E-state index contributed by atoms with van der Waals surface area (Å²) in [4.78, 5) is 19.1. The summed E-state index contributed by atoms with van der Waals surface area (Å²) in [6.45, 7) is 4.62. The molecule has 6 nitrogen and oxygen atoms in total. The van der Waals surface area contributed by atoms with Gasteiger partial charge in [-0.1, -0.05) is 18.2 Å². The van der Waals surface area contributed by atoms with Gasteiger partial charge in [-0.05, 0) is 49.9 Å². The second kappa shape index (κ2) is 8.55. The predicted octanol–water partition coefficient (Wildman–Crippen LogP) is 3.67. The third kappa shape index (κ3) is 4.36. The number of hydrogen-bond acceptors (Lipinski definition) is 4. The average molecular weight is 393 g/mol. The van der Waals surface area contributed by atoms with E-state index in [1.54, 1.807) is 13.2 Å². The van der Waals surface area contributed by atoms with Crippen molar-refractivity contribution in [3.63, 3.8) is 0 Å². The van der Waals surface area contributed by atoms with Crippen molar-refractivity contribution in [3.8, 4) is 11.5 Å². The van der Waals surface area contributed by atoms with Crippen LogP contribution in [0.25, 0.3) is 11.0 Å². The summed E-state index contributed by atoms with van der Waals surface area (Å²) in [5.41, 5.74) is 2.24. The van der Waals surface area contributed by atoms with Gasteiger partial charge in [0, 0.05) is 25.7 Å². The fourth-order valence-corrected chi connectivity index (χ4v) is 3.98. The first kappa shape index (κ1) is 19.3. The third-order valence-electron chi connectivity index (χ3n) is 5.66. The molecule has 6 heteroatoms. The Hall–Kier alpha value is -3.02. The molecule has 0 atom stereocenters. The van der Waals surface area contributed by atoms with Gasteiger partial charge in [-0.25, -0.2) is 4.98 Å². The van der Waals surface area contributed by atoms with E-state index in [2.05, 4.69) is 34.7 Å². The smallest absolute Gasteiger partial charge is 0.260 e. The van der Waals surface area contributed by atoms with Crippen LogP contribution in [0.3, 0.4) is 0 Å². The molecule has 152 valence electrons. The zero-order chi connectivity index (χ0) is 20.2. The molecule has 1 aromatic heterocycles. The number of imidazole rings is 1. The molecule has 1 fully saturated rings. The lowest BCUT2D eigenvalue weighted by Gasteiger charge is -2.32. The van der Waals surface area contributed by atoms with Crippen LogP contribution in [0.1, 0.15) is 18.7 Å². The molecule has 2 heterocycles. The van der Waals surface area contributed by atoms with Crippen molar-refractivity contribution in [2.24, 2.45) is 5.92 Å². The van der Waals surface area contributed by atoms with Crippen molar-refractivity contribution < 1.29 is 14.3 Å². The van der Waals surface area contributed by atoms with Crippen LogP contribution in [0.5, 0.6) is 11.5 Å². The molecule has 0 radical (unpaired) electrons. The largest absolute Gasteiger partial charge is 0.497 e. The monoisotopic (exact) mass is 393 g/mol. The molecule has 2 aromatic carbocycles. The number of piperidine rings is 1. The first-order valence-corrected chi connectivity index (χ1v) is 10.1. The second-order valence-electron chi connectivity index (χ2n) is 7.55. The summed E-state index contributed by atoms with van der Waals surface area (Å²) < 4.78 is 13.2. The van der Waals surface area contributed by atoms with Crippen LogP contribution in [0.2, 0.25) is 0 Å². The zero-order valence-electron chi connectivity index (χ0n) is 17.0. The summed E-state index contributed by atoms with van der Waals surface area (Å²) in [7, 11) is 1.61. The maximum absolute atomic E-state index is 12.5. The van der Waals surface area contributed by atoms with Crippen molar-refractivity contribution in [2.75, 3.05) is 26.8 Å². The van der Waals surface area contributed by atoms with E-state index in [1.807, 2.05) is 29.2 Å². The number of hydrogen-bond donors (Lipinski definition) is 0. The highest BCUT2D eigenvalue weighted by molar-refractivity contribution is 5.78. The third-order valence-corrected chi connectivity index (χ3v) is 5.66. The number of rotatable bonds is 6. The Morgan fingerprint density at radius 1 is 1.10 bits per heavy atom. The van der Waals surface area contributed by atoms with Crippen molar-refractivity contribution in [2.45, 2.75) is 26.3 Å². The molecule has 1 saturated heterocycles. The quantitative estimate of drug-likeness (QED) is 0.641. The van der Waals surface area contributed by atoms with Crippen molar-refractivity contribution in [3.05, 3.63) is 54.4 Å². The van der Waals surface area contributed by atoms with Crippen LogP contribution in [-0.2, 0) is 11.3 Å². The zero-order valence-corrected chi connectivity index (χ0v) is 17.0. The van der Waals surface area contributed by atoms with E-state index < -0.39 is 0 Å². The number of aryl methyl sites for hydroxylation is 1. The van der Waals surface area contributed by atoms with Gasteiger partial charge in [-0.3, -0.25) is 4.79 Å². The molecule has 0 unspecified atom stereocenters. The Balaban J connectivity index is 1.29. The minimum absolute atomic E-state index is 0.0375. The molecule has 0 spiro atoms. The summed E-state index contributed by atoms with van der Waals surface area (Å²) in [6, 6.07) is 15.6. The second-order valence-corrected chi connectivity index (χ2v) is 7.55. The van der Waals surface area contributed by atoms with E-state index in [4.69, 9.17) is 9.47 Å². The Morgan fingerprint density at radius 2 is 1.86 bits per heavy atom. The van der Waals surface area contributed by atoms with Crippen molar-refractivity contribution in [1.82, 2.24) is 14.5 Å². The molecule has 1 aliphatic rings. The van der Waals surface area contributed by atoms with Crippen LogP contribution in [0.4, 0.5) is 0 Å². The molecule has 0 N–H and O–H groups in total. The molecule has 3 aromatic rings. The van der Waals surface area contributed by atoms with E-state index in [9.17, 15) is 4.79 Å². The van der Waals surface area contributed by atoms with Gasteiger partial charge >= 0.3 is 0 Å². The van der Waals surface area contributed by atoms with Crippen LogP contribution in [-0.4, -0.2) is 47.2 Å². The fraction of sp³-hybridized carbons (Fsp3) is 0.391. The summed E-state index contributed by atoms with van der Waals surface area (Å²) in [5.74, 6) is 3.01. The minimum Gasteiger partial charge on any atom is -0.497 e. The predicted molar refractivity (Wildman–Crippen MR) is 112 cm³/mol. The van der Waals surface area contributed by atoms with Gasteiger partial charge < -0.3 is 18.9 Å². The molecule has 29 heavy (non-hydrogen) atoms. The van der Waals surface area contributed by atoms with Crippen molar-refractivity contribution in [1.29, 1.82) is 0 Å². The van der Waals surface area contributed by atoms with Gasteiger partial charge in [0.15, 0.2) is 6.61 Å². The van der Waals surface area contributed by atoms with E-state index in [0.717, 1.165) is 49.6 Å². The lowest BCUT2D eigenvalue weighted by Crippen LogP contribution is -2.41. The van der Waals surface area contributed by atoms with Crippen LogP contribution >= 0.6 is 0 Å². The first-order chi connectivity index (χ1) is 14.1. The lowest BCUT2D eigenvalue weighted by molar-refractivity contribution is -0.134. The standard InChI is InChI=1S/C23H27N3O3/c1-17-24-21-8-3-4-9-22(21)26(17)15-18-10-12-25(13-11-18)23(27)16-29-20-7-5-6-19(14-20)28-2/h3-9,14,18H,10-13,15-16H2,1-2H3. The van der Waals surface area contributed by atoms with E-state index in [1.165, 1.54) is 5.52 Å². The topological polar surface area (TPSA) is 56.6 Å². The van der Waals surface area contributed by atoms with Gasteiger partial charge in [-0.15, -0.1) is 0 Å². The highest BCUT2D eigenvalue weighted by Gasteiger charge is 2.24. The number of benzene rings is 2. The fourth-order valence-electron chi connectivity index (χ4n) is 3.98. The Morgan fingerprint density at radius 3 is 2.66 bits per heavy atom. The van der Waals surface area contributed by atoms with Gasteiger partial charge in [0.05, 0.1) is 18.1 Å². The highest BCUT2D eigenvalue weighted by atomic mass is 16.5. The maximum atomic E-state index is 12.5. The number of carbonyl (C=O) groups excluding carboxylic acids is 1. The number of aromatic nitrogens is 2. The number of nitrogens with zero attached hydrogens (tertiary/aromatic N) is 3. The maximum Gasteiger partial charge on any atom is 0.260 e. The molecular weight excluding hydrogens is 366 g/mol. The minimum atomic E-state index is 0.0375. The number of fused-ring (bicyclic) bond motifs is 1. The van der Waals surface area contributed by atoms with Gasteiger partial charge in [0.25, 0.3) is 5.91 Å². The molecule has 1 amide bonds. The SMILES string of the molecule is COc1cccc(OCC(=O)N2CCC(Cn3c(C)nc4ccccc43)CC2)c1. The number of likely N-dealkylation sites (tertiary alicyclic amines) is 1. The normalized spacial score (nSPS) is 14.9. The average Bonchev–Trinajstić information content (AvgIpc) is 3.08. The van der Waals surface area contributed by atoms with E-state index in [-0.39, 0.29) is 12.5 Å².